The zero-order chi connectivity index (χ0) is 25.3. The minimum absolute atomic E-state index is 0. The molecule has 1 unspecified atom stereocenters. The van der Waals surface area contributed by atoms with Gasteiger partial charge in [-0.05, 0) is 6.07 Å². The fourth-order valence-electron chi connectivity index (χ4n) is 3.12. The van der Waals surface area contributed by atoms with Gasteiger partial charge in [0.25, 0.3) is 5.69 Å². The molecule has 0 radical (unpaired) electrons. The van der Waals surface area contributed by atoms with Gasteiger partial charge in [0, 0.05) is 32.7 Å². The smallest absolute Gasteiger partial charge is 0.549 e. The van der Waals surface area contributed by atoms with Crippen molar-refractivity contribution in [2.75, 3.05) is 46.9 Å². The molecule has 0 N–H and O–H groups in total. The van der Waals surface area contributed by atoms with E-state index in [2.05, 4.69) is 0 Å². The molecule has 37 heavy (non-hydrogen) atoms. The van der Waals surface area contributed by atoms with E-state index < -0.39 is 73.3 Å². The van der Waals surface area contributed by atoms with Gasteiger partial charge in [-0.25, -0.2) is 0 Å². The largest absolute Gasteiger partial charge is 1.00 e. The van der Waals surface area contributed by atoms with Crippen LogP contribution in [0, 0.1) is 10.1 Å². The van der Waals surface area contributed by atoms with Crippen molar-refractivity contribution in [3.63, 3.8) is 0 Å². The number of carboxylic acids is 4. The number of methoxy groups -OCH3 is 2. The molecule has 0 aliphatic carbocycles. The molecule has 1 atom stereocenters. The molecule has 0 saturated heterocycles. The van der Waals surface area contributed by atoms with Crippen LogP contribution in [0.2, 0.25) is 0 Å². The summed E-state index contributed by atoms with van der Waals surface area (Å²) in [7, 11) is 2.39. The second-order valence-corrected chi connectivity index (χ2v) is 6.60. The van der Waals surface area contributed by atoms with Gasteiger partial charge < -0.3 is 49.1 Å². The van der Waals surface area contributed by atoms with E-state index >= 15 is 0 Å². The van der Waals surface area contributed by atoms with Crippen LogP contribution in [0.1, 0.15) is 11.6 Å². The fourth-order valence-corrected chi connectivity index (χ4v) is 3.12. The average molecular weight is 561 g/mol. The van der Waals surface area contributed by atoms with Crippen LogP contribution in [0.5, 0.6) is 11.5 Å². The third-order valence-electron chi connectivity index (χ3n) is 4.33. The topological polar surface area (TPSA) is 229 Å². The van der Waals surface area contributed by atoms with Crippen LogP contribution in [-0.2, 0) is 19.2 Å². The van der Waals surface area contributed by atoms with Gasteiger partial charge >= 0.3 is 118 Å². The Balaban J connectivity index is -0.00000136. The van der Waals surface area contributed by atoms with Gasteiger partial charge in [0.15, 0.2) is 11.5 Å². The van der Waals surface area contributed by atoms with Gasteiger partial charge in [0.1, 0.15) is 0 Å². The summed E-state index contributed by atoms with van der Waals surface area (Å²) in [5.41, 5.74) is -0.983. The molecule has 0 saturated carbocycles. The molecule has 0 fully saturated rings. The Hall–Kier alpha value is 0.0200. The maximum Gasteiger partial charge on any atom is 1.00 e. The molecule has 1 rings (SSSR count). The molecule has 0 aliphatic heterocycles. The van der Waals surface area contributed by atoms with E-state index in [4.69, 9.17) is 9.47 Å². The SMILES string of the molecule is COc1cc(C(CN(CC(=O)[O-])CC(=O)[O-])N(CC(=O)[O-])CC(=O)[O-])c([N+](=O)[O-])cc1OC.[Na+].[Na+].[Na+].[Na+]. The summed E-state index contributed by atoms with van der Waals surface area (Å²) >= 11 is 0. The molecule has 182 valence electrons. The van der Waals surface area contributed by atoms with Gasteiger partial charge in [0.2, 0.25) is 0 Å². The van der Waals surface area contributed by atoms with Crippen molar-refractivity contribution < 1.29 is 172 Å². The Bertz CT molecular complexity index is 905. The number of rotatable bonds is 15. The van der Waals surface area contributed by atoms with Crippen molar-refractivity contribution in [1.29, 1.82) is 0 Å². The van der Waals surface area contributed by atoms with Gasteiger partial charge in [-0.15, -0.1) is 0 Å². The molecule has 1 aromatic rings. The van der Waals surface area contributed by atoms with Crippen LogP contribution < -0.4 is 148 Å². The van der Waals surface area contributed by atoms with E-state index in [1.165, 1.54) is 14.2 Å². The molecule has 19 heteroatoms. The van der Waals surface area contributed by atoms with E-state index in [9.17, 15) is 49.7 Å². The summed E-state index contributed by atoms with van der Waals surface area (Å²) in [6, 6.07) is 0.439. The Morgan fingerprint density at radius 1 is 0.784 bits per heavy atom. The fraction of sp³-hybridized carbons (Fsp3) is 0.444. The number of benzene rings is 1. The Kier molecular flexibility index (Phi) is 25.9. The first-order valence-corrected chi connectivity index (χ1v) is 9.05. The molecule has 0 spiro atoms. The molecule has 0 aliphatic rings. The molecule has 0 amide bonds. The first-order valence-electron chi connectivity index (χ1n) is 9.05. The summed E-state index contributed by atoms with van der Waals surface area (Å²) in [6.07, 6.45) is 0. The van der Waals surface area contributed by atoms with Crippen molar-refractivity contribution in [3.05, 3.63) is 27.8 Å². The molecular formula is C18H19N3Na4O12. The van der Waals surface area contributed by atoms with Crippen molar-refractivity contribution in [2.24, 2.45) is 0 Å². The number of nitro benzene ring substituents is 1. The van der Waals surface area contributed by atoms with Crippen LogP contribution in [0.4, 0.5) is 5.69 Å². The zero-order valence-corrected chi connectivity index (χ0v) is 29.5. The predicted molar refractivity (Wildman–Crippen MR) is 97.0 cm³/mol. The summed E-state index contributed by atoms with van der Waals surface area (Å²) in [5.74, 6) is -7.12. The van der Waals surface area contributed by atoms with Gasteiger partial charge in [0.05, 0.1) is 60.7 Å². The number of carbonyl (C=O) groups excluding carboxylic acids is 4. The summed E-state index contributed by atoms with van der Waals surface area (Å²) < 4.78 is 10.1. The number of hydrogen-bond donors (Lipinski definition) is 0. The molecular weight excluding hydrogens is 542 g/mol. The van der Waals surface area contributed by atoms with Crippen LogP contribution in [0.25, 0.3) is 0 Å². The maximum atomic E-state index is 11.7. The number of ether oxygens (including phenoxy) is 2. The number of aliphatic carboxylic acids is 4. The molecule has 0 aromatic heterocycles. The summed E-state index contributed by atoms with van der Waals surface area (Å²) in [6.45, 7) is -4.83. The van der Waals surface area contributed by atoms with Crippen LogP contribution in [-0.4, -0.2) is 85.5 Å². The molecule has 1 aromatic carbocycles. The van der Waals surface area contributed by atoms with Crippen LogP contribution in [0.3, 0.4) is 0 Å². The molecule has 0 bridgehead atoms. The van der Waals surface area contributed by atoms with Gasteiger partial charge in [-0.3, -0.25) is 19.9 Å². The van der Waals surface area contributed by atoms with E-state index in [0.717, 1.165) is 12.1 Å². The van der Waals surface area contributed by atoms with Crippen molar-refractivity contribution >= 4 is 29.6 Å². The third kappa shape index (κ3) is 15.4. The number of nitrogens with zero attached hydrogens (tertiary/aromatic N) is 3. The molecule has 0 heterocycles. The monoisotopic (exact) mass is 561 g/mol. The number of hydrogen-bond acceptors (Lipinski definition) is 14. The van der Waals surface area contributed by atoms with E-state index in [1.54, 1.807) is 0 Å². The standard InChI is InChI=1S/C18H23N3O12.4Na/c1-32-13-3-10(11(21(30)31)4-14(13)33-2)12(20(8-17(26)27)9-18(28)29)5-19(6-15(22)23)7-16(24)25;;;;/h3-4,12H,5-9H2,1-2H3,(H,22,23)(H,24,25)(H,26,27)(H,28,29);;;;/q;4*+1/p-4. The summed E-state index contributed by atoms with van der Waals surface area (Å²) in [4.78, 5) is 56.8. The normalized spacial score (nSPS) is 10.5. The second kappa shape index (κ2) is 21.8. The van der Waals surface area contributed by atoms with Crippen molar-refractivity contribution in [1.82, 2.24) is 9.80 Å². The minimum atomic E-state index is -1.77. The zero-order valence-electron chi connectivity index (χ0n) is 21.5. The minimum Gasteiger partial charge on any atom is -0.549 e. The molecule has 15 nitrogen and oxygen atoms in total. The Labute approximate surface area is 300 Å². The van der Waals surface area contributed by atoms with E-state index in [1.807, 2.05) is 0 Å². The van der Waals surface area contributed by atoms with Gasteiger partial charge in [-0.2, -0.15) is 0 Å². The predicted octanol–water partition coefficient (Wildman–Crippen LogP) is -17.7. The van der Waals surface area contributed by atoms with Crippen molar-refractivity contribution in [2.45, 2.75) is 6.04 Å². The van der Waals surface area contributed by atoms with E-state index in [-0.39, 0.29) is 135 Å². The third-order valence-corrected chi connectivity index (χ3v) is 4.33. The second-order valence-electron chi connectivity index (χ2n) is 6.60. The van der Waals surface area contributed by atoms with Crippen LogP contribution >= 0.6 is 0 Å². The number of carbonyl (C=O) groups is 4. The maximum absolute atomic E-state index is 11.7. The van der Waals surface area contributed by atoms with Crippen LogP contribution in [0.15, 0.2) is 12.1 Å². The first-order chi connectivity index (χ1) is 15.4. The van der Waals surface area contributed by atoms with E-state index in [0.29, 0.717) is 9.80 Å². The first kappa shape index (κ1) is 44.1. The Morgan fingerprint density at radius 2 is 1.16 bits per heavy atom. The summed E-state index contributed by atoms with van der Waals surface area (Å²) in [5, 5.41) is 56.3. The quantitative estimate of drug-likeness (QED) is 0.110. The van der Waals surface area contributed by atoms with Crippen molar-refractivity contribution in [3.8, 4) is 11.5 Å². The Morgan fingerprint density at radius 3 is 1.49 bits per heavy atom. The average Bonchev–Trinajstić information content (AvgIpc) is 2.68. The number of nitro groups is 1. The number of carboxylic acid groups (broad SMARTS) is 4. The van der Waals surface area contributed by atoms with Gasteiger partial charge in [-0.1, -0.05) is 0 Å².